The lowest BCUT2D eigenvalue weighted by atomic mass is 10.1. The number of carbonyl (C=O) groups is 2. The zero-order chi connectivity index (χ0) is 16.3. The molecule has 1 aliphatic rings. The van der Waals surface area contributed by atoms with Gasteiger partial charge in [0.1, 0.15) is 5.70 Å². The van der Waals surface area contributed by atoms with Crippen molar-refractivity contribution < 1.29 is 9.59 Å². The Hall–Kier alpha value is -2.41. The number of thiocarbonyl (C=S) groups is 1. The summed E-state index contributed by atoms with van der Waals surface area (Å²) in [5.74, 6) is -0.156. The molecule has 22 heavy (non-hydrogen) atoms. The van der Waals surface area contributed by atoms with Gasteiger partial charge in [-0.05, 0) is 43.4 Å². The van der Waals surface area contributed by atoms with E-state index in [1.807, 2.05) is 14.1 Å². The largest absolute Gasteiger partial charge is 0.382 e. The van der Waals surface area contributed by atoms with Gasteiger partial charge < -0.3 is 15.5 Å². The molecule has 0 spiro atoms. The van der Waals surface area contributed by atoms with Gasteiger partial charge in [-0.15, -0.1) is 0 Å². The van der Waals surface area contributed by atoms with Crippen molar-refractivity contribution in [2.24, 2.45) is 0 Å². The lowest BCUT2D eigenvalue weighted by molar-refractivity contribution is -0.122. The maximum absolute atomic E-state index is 12.2. The molecular formula is C15H18N4O2S. The van der Waals surface area contributed by atoms with Crippen LogP contribution in [-0.2, 0) is 4.79 Å². The van der Waals surface area contributed by atoms with E-state index >= 15 is 0 Å². The molecule has 2 N–H and O–H groups in total. The molecule has 0 unspecified atom stereocenters. The molecule has 7 heteroatoms. The fraction of sp³-hybridized carbons (Fsp3) is 0.267. The van der Waals surface area contributed by atoms with E-state index in [4.69, 9.17) is 12.2 Å². The second kappa shape index (κ2) is 6.57. The zero-order valence-electron chi connectivity index (χ0n) is 12.7. The van der Waals surface area contributed by atoms with Crippen LogP contribution in [0.1, 0.15) is 17.3 Å². The molecule has 116 valence electrons. The van der Waals surface area contributed by atoms with Crippen LogP contribution in [0.15, 0.2) is 36.2 Å². The fourth-order valence-corrected chi connectivity index (χ4v) is 2.21. The summed E-state index contributed by atoms with van der Waals surface area (Å²) in [5, 5.41) is 6.37. The molecule has 1 fully saturated rings. The minimum atomic E-state index is -0.174. The number of benzene rings is 1. The normalized spacial score (nSPS) is 16.0. The molecule has 1 aromatic rings. The third-order valence-electron chi connectivity index (χ3n) is 3.08. The monoisotopic (exact) mass is 318 g/mol. The van der Waals surface area contributed by atoms with Gasteiger partial charge in [0.2, 0.25) is 0 Å². The average Bonchev–Trinajstić information content (AvgIpc) is 2.71. The highest BCUT2D eigenvalue weighted by molar-refractivity contribution is 7.80. The van der Waals surface area contributed by atoms with Crippen LogP contribution in [0.3, 0.4) is 0 Å². The Bertz CT molecular complexity index is 637. The lowest BCUT2D eigenvalue weighted by Gasteiger charge is -2.16. The predicted molar refractivity (Wildman–Crippen MR) is 89.3 cm³/mol. The Morgan fingerprint density at radius 1 is 1.36 bits per heavy atom. The molecule has 1 amide bonds. The number of ketones is 1. The van der Waals surface area contributed by atoms with Crippen molar-refractivity contribution in [1.29, 1.82) is 0 Å². The highest BCUT2D eigenvalue weighted by Gasteiger charge is 2.30. The van der Waals surface area contributed by atoms with Gasteiger partial charge in [-0.1, -0.05) is 0 Å². The summed E-state index contributed by atoms with van der Waals surface area (Å²) in [7, 11) is 3.67. The van der Waals surface area contributed by atoms with Crippen molar-refractivity contribution in [2.45, 2.75) is 6.92 Å². The van der Waals surface area contributed by atoms with Gasteiger partial charge in [-0.2, -0.15) is 0 Å². The van der Waals surface area contributed by atoms with Crippen LogP contribution in [0.25, 0.3) is 0 Å². The van der Waals surface area contributed by atoms with Gasteiger partial charge in [0.05, 0.1) is 6.67 Å². The summed E-state index contributed by atoms with van der Waals surface area (Å²) in [6.07, 6.45) is 1.69. The van der Waals surface area contributed by atoms with Gasteiger partial charge in [0.25, 0.3) is 5.91 Å². The van der Waals surface area contributed by atoms with E-state index in [1.165, 1.54) is 11.8 Å². The lowest BCUT2D eigenvalue weighted by Crippen LogP contribution is -2.35. The first-order valence-corrected chi connectivity index (χ1v) is 7.15. The van der Waals surface area contributed by atoms with Crippen LogP contribution < -0.4 is 10.6 Å². The van der Waals surface area contributed by atoms with Gasteiger partial charge in [0.15, 0.2) is 10.9 Å². The summed E-state index contributed by atoms with van der Waals surface area (Å²) < 4.78 is 0. The van der Waals surface area contributed by atoms with Crippen LogP contribution in [0.5, 0.6) is 0 Å². The van der Waals surface area contributed by atoms with Crippen molar-refractivity contribution >= 4 is 34.7 Å². The molecule has 2 rings (SSSR count). The van der Waals surface area contributed by atoms with E-state index in [-0.39, 0.29) is 18.4 Å². The number of Topliss-reactive ketones (excluding diaryl/α,β-unsaturated/α-hetero) is 1. The minimum Gasteiger partial charge on any atom is -0.382 e. The quantitative estimate of drug-likeness (QED) is 0.486. The Morgan fingerprint density at radius 3 is 2.55 bits per heavy atom. The first kappa shape index (κ1) is 16.0. The molecule has 0 atom stereocenters. The topological polar surface area (TPSA) is 64.7 Å². The molecule has 0 bridgehead atoms. The molecule has 6 nitrogen and oxygen atoms in total. The molecule has 0 aliphatic carbocycles. The third-order valence-corrected chi connectivity index (χ3v) is 3.40. The van der Waals surface area contributed by atoms with E-state index < -0.39 is 0 Å². The highest BCUT2D eigenvalue weighted by atomic mass is 32.1. The number of anilines is 1. The molecule has 0 radical (unpaired) electrons. The van der Waals surface area contributed by atoms with Crippen molar-refractivity contribution in [2.75, 3.05) is 26.1 Å². The summed E-state index contributed by atoms with van der Waals surface area (Å²) >= 11 is 5.17. The minimum absolute atomic E-state index is 0.0186. The first-order valence-electron chi connectivity index (χ1n) is 6.74. The SMILES string of the molecule is CC(=O)c1ccc(NCN2C(=O)/C(=C\N(C)C)NC2=S)cc1. The molecule has 1 saturated heterocycles. The van der Waals surface area contributed by atoms with Gasteiger partial charge in [-0.25, -0.2) is 0 Å². The second-order valence-electron chi connectivity index (χ2n) is 5.14. The Balaban J connectivity index is 2.01. The van der Waals surface area contributed by atoms with E-state index in [2.05, 4.69) is 10.6 Å². The van der Waals surface area contributed by atoms with E-state index in [9.17, 15) is 9.59 Å². The number of carbonyl (C=O) groups excluding carboxylic acids is 2. The summed E-state index contributed by atoms with van der Waals surface area (Å²) in [6.45, 7) is 1.78. The summed E-state index contributed by atoms with van der Waals surface area (Å²) in [5.41, 5.74) is 1.91. The molecule has 1 aliphatic heterocycles. The maximum atomic E-state index is 12.2. The Kier molecular flexibility index (Phi) is 4.77. The van der Waals surface area contributed by atoms with Gasteiger partial charge in [0, 0.05) is 31.5 Å². The number of hydrogen-bond acceptors (Lipinski definition) is 5. The van der Waals surface area contributed by atoms with Crippen LogP contribution in [0, 0.1) is 0 Å². The van der Waals surface area contributed by atoms with Gasteiger partial charge >= 0.3 is 0 Å². The second-order valence-corrected chi connectivity index (χ2v) is 5.52. The Labute approximate surface area is 134 Å². The summed E-state index contributed by atoms with van der Waals surface area (Å²) in [4.78, 5) is 26.7. The number of nitrogens with zero attached hydrogens (tertiary/aromatic N) is 2. The fourth-order valence-electron chi connectivity index (χ4n) is 1.96. The van der Waals surface area contributed by atoms with Crippen LogP contribution >= 0.6 is 12.2 Å². The van der Waals surface area contributed by atoms with Crippen molar-refractivity contribution in [3.63, 3.8) is 0 Å². The standard InChI is InChI=1S/C15H18N4O2S/c1-10(20)11-4-6-12(7-5-11)16-9-19-14(21)13(8-18(2)3)17-15(19)22/h4-8,16H,9H2,1-3H3,(H,17,22)/b13-8+. The molecular weight excluding hydrogens is 300 g/mol. The summed E-state index contributed by atoms with van der Waals surface area (Å²) in [6, 6.07) is 7.07. The average molecular weight is 318 g/mol. The number of amides is 1. The van der Waals surface area contributed by atoms with E-state index in [0.29, 0.717) is 16.4 Å². The van der Waals surface area contributed by atoms with E-state index in [0.717, 1.165) is 5.69 Å². The predicted octanol–water partition coefficient (Wildman–Crippen LogP) is 1.38. The highest BCUT2D eigenvalue weighted by Crippen LogP contribution is 2.13. The Morgan fingerprint density at radius 2 is 2.00 bits per heavy atom. The first-order chi connectivity index (χ1) is 10.4. The van der Waals surface area contributed by atoms with Crippen LogP contribution in [0.4, 0.5) is 5.69 Å². The number of nitrogens with one attached hydrogen (secondary N) is 2. The van der Waals surface area contributed by atoms with Crippen molar-refractivity contribution in [3.05, 3.63) is 41.7 Å². The molecule has 0 saturated carbocycles. The third kappa shape index (κ3) is 3.62. The number of hydrogen-bond donors (Lipinski definition) is 2. The zero-order valence-corrected chi connectivity index (χ0v) is 13.5. The van der Waals surface area contributed by atoms with E-state index in [1.54, 1.807) is 35.4 Å². The molecule has 1 heterocycles. The van der Waals surface area contributed by atoms with Crippen LogP contribution in [0.2, 0.25) is 0 Å². The van der Waals surface area contributed by atoms with Crippen molar-refractivity contribution in [1.82, 2.24) is 15.1 Å². The van der Waals surface area contributed by atoms with Crippen molar-refractivity contribution in [3.8, 4) is 0 Å². The van der Waals surface area contributed by atoms with Gasteiger partial charge in [-0.3, -0.25) is 14.5 Å². The molecule has 0 aromatic heterocycles. The smallest absolute Gasteiger partial charge is 0.279 e. The number of rotatable bonds is 5. The maximum Gasteiger partial charge on any atom is 0.279 e. The molecule has 1 aromatic carbocycles. The van der Waals surface area contributed by atoms with Crippen LogP contribution in [-0.4, -0.2) is 47.4 Å².